The number of halogens is 1. The maximum absolute atomic E-state index is 14.4. The molecule has 0 saturated heterocycles. The molecule has 0 spiro atoms. The topological polar surface area (TPSA) is 65.4 Å². The van der Waals surface area contributed by atoms with Crippen molar-refractivity contribution < 1.29 is 18.7 Å². The Balaban J connectivity index is 1.69. The normalized spacial score (nSPS) is 10.9. The molecule has 0 fully saturated rings. The summed E-state index contributed by atoms with van der Waals surface area (Å²) in [5.41, 5.74) is 1.51. The van der Waals surface area contributed by atoms with Crippen LogP contribution in [-0.2, 0) is 4.79 Å². The number of hydrogen-bond acceptors (Lipinski definition) is 4. The number of carbonyl (C=O) groups is 1. The van der Waals surface area contributed by atoms with Crippen molar-refractivity contribution >= 4 is 17.7 Å². The van der Waals surface area contributed by atoms with Crippen LogP contribution in [0.1, 0.15) is 18.3 Å². The van der Waals surface area contributed by atoms with Gasteiger partial charge < -0.3 is 19.4 Å². The van der Waals surface area contributed by atoms with Crippen LogP contribution in [0.15, 0.2) is 54.9 Å². The van der Waals surface area contributed by atoms with E-state index in [2.05, 4.69) is 10.3 Å². The van der Waals surface area contributed by atoms with Crippen molar-refractivity contribution in [2.24, 2.45) is 0 Å². The summed E-state index contributed by atoms with van der Waals surface area (Å²) in [6, 6.07) is 9.90. The van der Waals surface area contributed by atoms with Crippen molar-refractivity contribution in [2.75, 3.05) is 19.0 Å². The standard InChI is InChI=1S/C22H22FN3O3/c1-4-29-20-9-5-16(13-21(20)28-3)6-10-22(27)25-17-7-8-19(18(23)14-17)26-12-11-24-15(26)2/h5-14H,4H2,1-3H3,(H,25,27)/b10-6+. The summed E-state index contributed by atoms with van der Waals surface area (Å²) in [6.45, 7) is 4.21. The zero-order valence-corrected chi connectivity index (χ0v) is 16.5. The summed E-state index contributed by atoms with van der Waals surface area (Å²) in [5, 5.41) is 2.65. The van der Waals surface area contributed by atoms with E-state index < -0.39 is 5.82 Å². The van der Waals surface area contributed by atoms with Crippen molar-refractivity contribution in [1.29, 1.82) is 0 Å². The lowest BCUT2D eigenvalue weighted by Gasteiger charge is -2.10. The van der Waals surface area contributed by atoms with Gasteiger partial charge in [-0.1, -0.05) is 6.07 Å². The Morgan fingerprint density at radius 1 is 1.24 bits per heavy atom. The lowest BCUT2D eigenvalue weighted by molar-refractivity contribution is -0.111. The molecule has 0 aliphatic carbocycles. The van der Waals surface area contributed by atoms with E-state index in [4.69, 9.17) is 9.47 Å². The lowest BCUT2D eigenvalue weighted by atomic mass is 10.2. The van der Waals surface area contributed by atoms with Gasteiger partial charge in [0.25, 0.3) is 0 Å². The van der Waals surface area contributed by atoms with Gasteiger partial charge in [0.15, 0.2) is 11.5 Å². The zero-order chi connectivity index (χ0) is 20.8. The molecule has 0 atom stereocenters. The van der Waals surface area contributed by atoms with E-state index in [0.717, 1.165) is 5.56 Å². The monoisotopic (exact) mass is 395 g/mol. The van der Waals surface area contributed by atoms with E-state index in [1.54, 1.807) is 61.3 Å². The van der Waals surface area contributed by atoms with Crippen LogP contribution in [0.2, 0.25) is 0 Å². The molecule has 6 nitrogen and oxygen atoms in total. The second kappa shape index (κ2) is 9.05. The first-order valence-electron chi connectivity index (χ1n) is 9.11. The van der Waals surface area contributed by atoms with Crippen molar-refractivity contribution in [3.8, 4) is 17.2 Å². The first-order valence-corrected chi connectivity index (χ1v) is 9.11. The van der Waals surface area contributed by atoms with Gasteiger partial charge in [0.2, 0.25) is 5.91 Å². The highest BCUT2D eigenvalue weighted by Gasteiger charge is 2.09. The predicted octanol–water partition coefficient (Wildman–Crippen LogP) is 4.38. The molecule has 2 aromatic carbocycles. The Morgan fingerprint density at radius 3 is 2.72 bits per heavy atom. The Kier molecular flexibility index (Phi) is 6.29. The molecular weight excluding hydrogens is 373 g/mol. The van der Waals surface area contributed by atoms with Crippen LogP contribution in [0.25, 0.3) is 11.8 Å². The molecule has 1 amide bonds. The average Bonchev–Trinajstić information content (AvgIpc) is 3.13. The van der Waals surface area contributed by atoms with E-state index in [-0.39, 0.29) is 5.91 Å². The number of nitrogens with one attached hydrogen (secondary N) is 1. The van der Waals surface area contributed by atoms with Crippen LogP contribution in [0.5, 0.6) is 11.5 Å². The molecule has 3 rings (SSSR count). The summed E-state index contributed by atoms with van der Waals surface area (Å²) in [4.78, 5) is 16.3. The summed E-state index contributed by atoms with van der Waals surface area (Å²) < 4.78 is 26.8. The SMILES string of the molecule is CCOc1ccc(/C=C/C(=O)Nc2ccc(-n3ccnc3C)c(F)c2)cc1OC. The molecule has 0 unspecified atom stereocenters. The van der Waals surface area contributed by atoms with Crippen LogP contribution < -0.4 is 14.8 Å². The molecule has 0 saturated carbocycles. The van der Waals surface area contributed by atoms with Crippen LogP contribution in [0.4, 0.5) is 10.1 Å². The molecule has 0 aliphatic rings. The molecule has 0 aliphatic heterocycles. The summed E-state index contributed by atoms with van der Waals surface area (Å²) in [7, 11) is 1.56. The number of nitrogens with zero attached hydrogens (tertiary/aromatic N) is 2. The van der Waals surface area contributed by atoms with Gasteiger partial charge in [-0.05, 0) is 55.8 Å². The number of carbonyl (C=O) groups excluding carboxylic acids is 1. The van der Waals surface area contributed by atoms with Crippen LogP contribution in [0, 0.1) is 12.7 Å². The van der Waals surface area contributed by atoms with E-state index in [9.17, 15) is 9.18 Å². The van der Waals surface area contributed by atoms with Crippen LogP contribution in [0.3, 0.4) is 0 Å². The smallest absolute Gasteiger partial charge is 0.248 e. The van der Waals surface area contributed by atoms with Gasteiger partial charge in [-0.2, -0.15) is 0 Å². The van der Waals surface area contributed by atoms with Crippen molar-refractivity contribution in [2.45, 2.75) is 13.8 Å². The number of ether oxygens (including phenoxy) is 2. The number of amides is 1. The van der Waals surface area contributed by atoms with Gasteiger partial charge in [-0.25, -0.2) is 9.37 Å². The summed E-state index contributed by atoms with van der Waals surface area (Å²) in [6.07, 6.45) is 6.30. The number of rotatable bonds is 7. The molecule has 29 heavy (non-hydrogen) atoms. The minimum absolute atomic E-state index is 0.364. The molecular formula is C22H22FN3O3. The zero-order valence-electron chi connectivity index (χ0n) is 16.5. The van der Waals surface area contributed by atoms with Gasteiger partial charge in [-0.15, -0.1) is 0 Å². The number of aryl methyl sites for hydroxylation is 1. The summed E-state index contributed by atoms with van der Waals surface area (Å²) in [5.74, 6) is 1.07. The maximum Gasteiger partial charge on any atom is 0.248 e. The first-order chi connectivity index (χ1) is 14.0. The van der Waals surface area contributed by atoms with Crippen molar-refractivity contribution in [3.63, 3.8) is 0 Å². The Bertz CT molecular complexity index is 1040. The lowest BCUT2D eigenvalue weighted by Crippen LogP contribution is -2.08. The van der Waals surface area contributed by atoms with Gasteiger partial charge >= 0.3 is 0 Å². The fraction of sp³-hybridized carbons (Fsp3) is 0.182. The van der Waals surface area contributed by atoms with Crippen LogP contribution in [-0.4, -0.2) is 29.2 Å². The second-order valence-corrected chi connectivity index (χ2v) is 6.18. The molecule has 0 bridgehead atoms. The molecule has 3 aromatic rings. The second-order valence-electron chi connectivity index (χ2n) is 6.18. The largest absolute Gasteiger partial charge is 0.493 e. The first kappa shape index (κ1) is 20.1. The molecule has 150 valence electrons. The fourth-order valence-electron chi connectivity index (χ4n) is 2.83. The third-order valence-corrected chi connectivity index (χ3v) is 4.22. The van der Waals surface area contributed by atoms with E-state index in [1.807, 2.05) is 13.0 Å². The minimum atomic E-state index is -0.455. The Morgan fingerprint density at radius 2 is 2.07 bits per heavy atom. The van der Waals surface area contributed by atoms with Gasteiger partial charge in [0.05, 0.1) is 19.4 Å². The van der Waals surface area contributed by atoms with E-state index in [1.165, 1.54) is 12.1 Å². The van der Waals surface area contributed by atoms with Gasteiger partial charge in [0.1, 0.15) is 11.6 Å². The fourth-order valence-corrected chi connectivity index (χ4v) is 2.83. The Hall–Kier alpha value is -3.61. The molecule has 7 heteroatoms. The van der Waals surface area contributed by atoms with Crippen LogP contribution >= 0.6 is 0 Å². The summed E-state index contributed by atoms with van der Waals surface area (Å²) >= 11 is 0. The van der Waals surface area contributed by atoms with Crippen molar-refractivity contribution in [3.05, 3.63) is 72.1 Å². The average molecular weight is 395 g/mol. The Labute approximate surface area is 168 Å². The highest BCUT2D eigenvalue weighted by Crippen LogP contribution is 2.28. The predicted molar refractivity (Wildman–Crippen MR) is 110 cm³/mol. The number of imidazole rings is 1. The van der Waals surface area contributed by atoms with E-state index >= 15 is 0 Å². The quantitative estimate of drug-likeness (QED) is 0.603. The molecule has 0 radical (unpaired) electrons. The molecule has 1 aromatic heterocycles. The molecule has 1 heterocycles. The maximum atomic E-state index is 14.4. The number of anilines is 1. The van der Waals surface area contributed by atoms with Crippen molar-refractivity contribution in [1.82, 2.24) is 9.55 Å². The molecule has 1 N–H and O–H groups in total. The number of benzene rings is 2. The highest BCUT2D eigenvalue weighted by molar-refractivity contribution is 6.02. The highest BCUT2D eigenvalue weighted by atomic mass is 19.1. The van der Waals surface area contributed by atoms with Gasteiger partial charge in [0, 0.05) is 24.2 Å². The minimum Gasteiger partial charge on any atom is -0.493 e. The van der Waals surface area contributed by atoms with E-state index in [0.29, 0.717) is 35.3 Å². The third kappa shape index (κ3) is 4.82. The third-order valence-electron chi connectivity index (χ3n) is 4.22. The number of aromatic nitrogens is 2. The number of methoxy groups -OCH3 is 1. The number of hydrogen-bond donors (Lipinski definition) is 1. The van der Waals surface area contributed by atoms with Gasteiger partial charge in [-0.3, -0.25) is 4.79 Å².